The number of aromatic hydroxyl groups is 1. The second-order valence-electron chi connectivity index (χ2n) is 11.6. The number of benzene rings is 1. The van der Waals surface area contributed by atoms with E-state index in [1.165, 1.54) is 16.0 Å². The number of phenolic OH excluding ortho intramolecular Hbond substituents is 1. The molecular weight excluding hydrogens is 532 g/mol. The van der Waals surface area contributed by atoms with E-state index in [9.17, 15) is 19.5 Å². The van der Waals surface area contributed by atoms with Crippen molar-refractivity contribution in [3.8, 4) is 5.75 Å². The molecule has 2 saturated heterocycles. The number of imide groups is 1. The molecule has 0 saturated carbocycles. The van der Waals surface area contributed by atoms with Gasteiger partial charge in [-0.15, -0.1) is 0 Å². The maximum absolute atomic E-state index is 13.6. The van der Waals surface area contributed by atoms with Crippen LogP contribution in [0.15, 0.2) is 59.8 Å². The summed E-state index contributed by atoms with van der Waals surface area (Å²) >= 11 is 0. The van der Waals surface area contributed by atoms with Crippen molar-refractivity contribution in [1.29, 1.82) is 0 Å². The number of nitrogens with zero attached hydrogens (tertiary/aromatic N) is 2. The van der Waals surface area contributed by atoms with Crippen LogP contribution in [0.25, 0.3) is 11.6 Å². The number of carbonyl (C=O) groups excluding carboxylic acids is 2. The van der Waals surface area contributed by atoms with E-state index < -0.39 is 5.97 Å². The van der Waals surface area contributed by atoms with Crippen molar-refractivity contribution in [3.63, 3.8) is 0 Å². The van der Waals surface area contributed by atoms with Gasteiger partial charge in [0.15, 0.2) is 0 Å². The zero-order valence-corrected chi connectivity index (χ0v) is 24.2. The smallest absolute Gasteiger partial charge is 0.303 e. The summed E-state index contributed by atoms with van der Waals surface area (Å²) in [6, 6.07) is 13.0. The van der Waals surface area contributed by atoms with Crippen molar-refractivity contribution in [1.82, 2.24) is 9.88 Å². The highest BCUT2D eigenvalue weighted by atomic mass is 16.5. The molecule has 4 atom stereocenters. The number of ether oxygens (including phenoxy) is 1. The molecule has 2 N–H and O–H groups in total. The molecule has 8 nitrogen and oxygen atoms in total. The fourth-order valence-electron chi connectivity index (χ4n) is 6.91. The molecule has 5 rings (SSSR count). The number of likely N-dealkylation sites (tertiary alicyclic amines) is 1. The average molecular weight is 573 g/mol. The van der Waals surface area contributed by atoms with E-state index in [1.807, 2.05) is 30.3 Å². The molecule has 0 radical (unpaired) electrons. The highest BCUT2D eigenvalue weighted by Gasteiger charge is 2.56. The van der Waals surface area contributed by atoms with Gasteiger partial charge in [-0.25, -0.2) is 0 Å². The molecule has 42 heavy (non-hydrogen) atoms. The summed E-state index contributed by atoms with van der Waals surface area (Å²) in [5.41, 5.74) is 5.44. The van der Waals surface area contributed by atoms with Crippen LogP contribution in [0.3, 0.4) is 0 Å². The first-order valence-corrected chi connectivity index (χ1v) is 15.2. The molecule has 222 valence electrons. The monoisotopic (exact) mass is 572 g/mol. The number of allylic oxidation sites excluding steroid dienone is 2. The van der Waals surface area contributed by atoms with Crippen molar-refractivity contribution in [2.45, 2.75) is 70.8 Å². The molecule has 0 unspecified atom stereocenters. The van der Waals surface area contributed by atoms with Crippen LogP contribution in [0, 0.1) is 17.8 Å². The number of phenols is 1. The number of aliphatic carboxylic acids is 1. The number of pyridine rings is 1. The largest absolute Gasteiger partial charge is 0.508 e. The highest BCUT2D eigenvalue weighted by Crippen LogP contribution is 2.51. The van der Waals surface area contributed by atoms with Gasteiger partial charge in [0.05, 0.1) is 30.2 Å². The van der Waals surface area contributed by atoms with Crippen LogP contribution < -0.4 is 0 Å². The van der Waals surface area contributed by atoms with Crippen LogP contribution in [0.4, 0.5) is 0 Å². The fraction of sp³-hybridized carbons (Fsp3) is 0.471. The summed E-state index contributed by atoms with van der Waals surface area (Å²) in [6.45, 7) is 2.94. The minimum absolute atomic E-state index is 0.0754. The molecule has 2 aliphatic heterocycles. The van der Waals surface area contributed by atoms with Gasteiger partial charge in [-0.3, -0.25) is 24.3 Å². The lowest BCUT2D eigenvalue weighted by Gasteiger charge is -2.32. The molecule has 2 amide bonds. The first-order valence-electron chi connectivity index (χ1n) is 15.2. The zero-order valence-electron chi connectivity index (χ0n) is 24.2. The number of carboxylic acid groups (broad SMARTS) is 1. The molecule has 0 bridgehead atoms. The maximum Gasteiger partial charge on any atom is 0.303 e. The number of hydrogen-bond donors (Lipinski definition) is 2. The second kappa shape index (κ2) is 13.5. The number of aromatic nitrogens is 1. The first kappa shape index (κ1) is 29.7. The molecule has 1 aromatic heterocycles. The van der Waals surface area contributed by atoms with Gasteiger partial charge < -0.3 is 14.9 Å². The van der Waals surface area contributed by atoms with E-state index in [2.05, 4.69) is 18.0 Å². The summed E-state index contributed by atoms with van der Waals surface area (Å²) in [5.74, 6) is -1.55. The van der Waals surface area contributed by atoms with E-state index in [-0.39, 0.29) is 47.8 Å². The molecular formula is C34H40N2O6. The summed E-state index contributed by atoms with van der Waals surface area (Å²) in [4.78, 5) is 43.9. The topological polar surface area (TPSA) is 117 Å². The van der Waals surface area contributed by atoms with Gasteiger partial charge in [0.2, 0.25) is 11.8 Å². The Kier molecular flexibility index (Phi) is 9.52. The van der Waals surface area contributed by atoms with E-state index in [1.54, 1.807) is 18.3 Å². The lowest BCUT2D eigenvalue weighted by atomic mass is 9.68. The van der Waals surface area contributed by atoms with Crippen molar-refractivity contribution < 1.29 is 29.3 Å². The molecule has 1 aromatic carbocycles. The summed E-state index contributed by atoms with van der Waals surface area (Å²) in [5, 5.41) is 18.6. The number of hydrogen-bond acceptors (Lipinski definition) is 6. The van der Waals surface area contributed by atoms with Crippen LogP contribution in [0.1, 0.15) is 76.0 Å². The Labute approximate surface area is 247 Å². The number of rotatable bonds is 13. The molecule has 2 fully saturated rings. The molecule has 3 aliphatic rings. The summed E-state index contributed by atoms with van der Waals surface area (Å²) < 4.78 is 6.42. The average Bonchev–Trinajstić information content (AvgIpc) is 3.51. The van der Waals surface area contributed by atoms with E-state index in [0.717, 1.165) is 42.5 Å². The van der Waals surface area contributed by atoms with Crippen LogP contribution >= 0.6 is 0 Å². The minimum atomic E-state index is -0.824. The second-order valence-corrected chi connectivity index (χ2v) is 11.6. The molecule has 0 spiro atoms. The number of unbranched alkanes of at least 4 members (excludes halogenated alkanes) is 2. The number of carboxylic acids is 1. The minimum Gasteiger partial charge on any atom is -0.508 e. The number of fused-ring (bicyclic) bond motifs is 3. The normalized spacial score (nSPS) is 23.8. The summed E-state index contributed by atoms with van der Waals surface area (Å²) in [6.07, 6.45) is 9.65. The lowest BCUT2D eigenvalue weighted by molar-refractivity contribution is -0.141. The summed E-state index contributed by atoms with van der Waals surface area (Å²) in [7, 11) is 0. The van der Waals surface area contributed by atoms with Crippen molar-refractivity contribution in [3.05, 3.63) is 71.1 Å². The van der Waals surface area contributed by atoms with E-state index >= 15 is 0 Å². The van der Waals surface area contributed by atoms with Crippen LogP contribution in [0.2, 0.25) is 0 Å². The third-order valence-electron chi connectivity index (χ3n) is 8.83. The Morgan fingerprint density at radius 2 is 1.86 bits per heavy atom. The molecule has 3 heterocycles. The lowest BCUT2D eigenvalue weighted by Crippen LogP contribution is -2.34. The first-order chi connectivity index (χ1) is 20.4. The Balaban J connectivity index is 1.32. The molecule has 2 aromatic rings. The van der Waals surface area contributed by atoms with Crippen molar-refractivity contribution >= 4 is 29.4 Å². The van der Waals surface area contributed by atoms with Crippen molar-refractivity contribution in [2.75, 3.05) is 13.2 Å². The van der Waals surface area contributed by atoms with Gasteiger partial charge in [-0.2, -0.15) is 0 Å². The van der Waals surface area contributed by atoms with Gasteiger partial charge in [-0.1, -0.05) is 43.5 Å². The third kappa shape index (κ3) is 6.49. The van der Waals surface area contributed by atoms with Crippen LogP contribution in [0.5, 0.6) is 5.75 Å². The van der Waals surface area contributed by atoms with Crippen molar-refractivity contribution in [2.24, 2.45) is 17.8 Å². The Bertz CT molecular complexity index is 1350. The van der Waals surface area contributed by atoms with Gasteiger partial charge in [0, 0.05) is 25.1 Å². The Morgan fingerprint density at radius 3 is 2.57 bits per heavy atom. The van der Waals surface area contributed by atoms with Gasteiger partial charge in [-0.05, 0) is 85.6 Å². The quantitative estimate of drug-likeness (QED) is 0.175. The van der Waals surface area contributed by atoms with Crippen LogP contribution in [-0.2, 0) is 19.1 Å². The number of amides is 2. The zero-order chi connectivity index (χ0) is 29.6. The predicted molar refractivity (Wildman–Crippen MR) is 159 cm³/mol. The predicted octanol–water partition coefficient (Wildman–Crippen LogP) is 5.87. The highest BCUT2D eigenvalue weighted by molar-refractivity contribution is 6.06. The SMILES string of the molecule is CCCC1=C2[C@@H](CC/C(=C/c3ccc(O)cc3)c3ccccn3)OC[C@@H]2[C@@H]2C(=O)N(CCCCCC(=O)O)C(=O)[C@@H]2C1. The number of carbonyl (C=O) groups is 3. The van der Waals surface area contributed by atoms with E-state index in [4.69, 9.17) is 9.84 Å². The third-order valence-corrected chi connectivity index (χ3v) is 8.83. The fourth-order valence-corrected chi connectivity index (χ4v) is 6.91. The van der Waals surface area contributed by atoms with Gasteiger partial charge in [0.1, 0.15) is 5.75 Å². The van der Waals surface area contributed by atoms with Gasteiger partial charge >= 0.3 is 5.97 Å². The Morgan fingerprint density at radius 1 is 1.05 bits per heavy atom. The van der Waals surface area contributed by atoms with Crippen LogP contribution in [-0.4, -0.2) is 57.1 Å². The van der Waals surface area contributed by atoms with Gasteiger partial charge in [0.25, 0.3) is 0 Å². The molecule has 8 heteroatoms. The standard InChI is InChI=1S/C34H40N2O6/c1-2-8-24-20-26-32(34(41)36(33(26)40)18-7-3-4-10-30(38)39)27-21-42-29(31(24)27)16-13-23(28-9-5-6-17-35-28)19-22-11-14-25(37)15-12-22/h5-6,9,11-12,14-15,17,19,26-27,29,32,37H,2-4,7-8,10,13,16,18,20-21H2,1H3,(H,38,39)/b23-19-/t26-,27+,29-,32-/m1/s1. The molecule has 1 aliphatic carbocycles. The Hall–Kier alpha value is -3.78. The maximum atomic E-state index is 13.6. The van der Waals surface area contributed by atoms with E-state index in [0.29, 0.717) is 38.8 Å².